The van der Waals surface area contributed by atoms with Crippen LogP contribution in [-0.4, -0.2) is 27.8 Å². The molecule has 20 heavy (non-hydrogen) atoms. The lowest BCUT2D eigenvalue weighted by atomic mass is 10.2. The third-order valence-electron chi connectivity index (χ3n) is 2.38. The second-order valence-electron chi connectivity index (χ2n) is 3.87. The van der Waals surface area contributed by atoms with Crippen molar-refractivity contribution >= 4 is 0 Å². The molecule has 0 radical (unpaired) electrons. The van der Waals surface area contributed by atoms with Crippen molar-refractivity contribution in [2.75, 3.05) is 0 Å². The zero-order valence-electron chi connectivity index (χ0n) is 9.66. The van der Waals surface area contributed by atoms with E-state index in [4.69, 9.17) is 5.11 Å². The normalized spacial score (nSPS) is 12.9. The Balaban J connectivity index is 2.25. The summed E-state index contributed by atoms with van der Waals surface area (Å²) in [5.74, 6) is -5.18. The fraction of sp³-hybridized carbons (Fsp3) is 0.273. The number of nitrogens with zero attached hydrogens (tertiary/aromatic N) is 2. The lowest BCUT2D eigenvalue weighted by Crippen LogP contribution is -2.20. The molecule has 0 bridgehead atoms. The van der Waals surface area contributed by atoms with Crippen molar-refractivity contribution < 1.29 is 31.6 Å². The summed E-state index contributed by atoms with van der Waals surface area (Å²) < 4.78 is 67.6. The largest absolute Gasteiger partial charge is 0.387 e. The van der Waals surface area contributed by atoms with E-state index in [2.05, 4.69) is 14.7 Å². The molecule has 1 heterocycles. The van der Waals surface area contributed by atoms with Crippen LogP contribution in [0.25, 0.3) is 11.4 Å². The number of hydrogen-bond acceptors (Lipinski definition) is 4. The van der Waals surface area contributed by atoms with Gasteiger partial charge in [-0.3, -0.25) is 0 Å². The SMILES string of the molecule is OC(Cc1nc(-c2cc(F)c(F)c(F)c2)no1)C(F)F. The predicted octanol–water partition coefficient (Wildman–Crippen LogP) is 2.32. The molecule has 0 amide bonds. The van der Waals surface area contributed by atoms with Gasteiger partial charge in [-0.2, -0.15) is 4.98 Å². The van der Waals surface area contributed by atoms with Crippen LogP contribution >= 0.6 is 0 Å². The van der Waals surface area contributed by atoms with Crippen molar-refractivity contribution in [3.63, 3.8) is 0 Å². The quantitative estimate of drug-likeness (QED) is 0.694. The Hall–Kier alpha value is -2.03. The topological polar surface area (TPSA) is 59.2 Å². The number of alkyl halides is 2. The Labute approximate surface area is 108 Å². The van der Waals surface area contributed by atoms with Gasteiger partial charge in [-0.05, 0) is 12.1 Å². The Kier molecular flexibility index (Phi) is 3.98. The summed E-state index contributed by atoms with van der Waals surface area (Å²) in [4.78, 5) is 3.59. The van der Waals surface area contributed by atoms with Gasteiger partial charge >= 0.3 is 0 Å². The Bertz CT molecular complexity index is 594. The first-order chi connectivity index (χ1) is 9.38. The van der Waals surface area contributed by atoms with E-state index >= 15 is 0 Å². The average Bonchev–Trinajstić information content (AvgIpc) is 2.83. The van der Waals surface area contributed by atoms with Crippen LogP contribution < -0.4 is 0 Å². The van der Waals surface area contributed by atoms with Gasteiger partial charge in [0.15, 0.2) is 17.5 Å². The second-order valence-corrected chi connectivity index (χ2v) is 3.87. The van der Waals surface area contributed by atoms with Crippen LogP contribution in [-0.2, 0) is 6.42 Å². The molecule has 2 aromatic rings. The van der Waals surface area contributed by atoms with Crippen molar-refractivity contribution in [3.8, 4) is 11.4 Å². The number of aromatic nitrogens is 2. The Morgan fingerprint density at radius 1 is 1.15 bits per heavy atom. The maximum Gasteiger partial charge on any atom is 0.264 e. The van der Waals surface area contributed by atoms with Crippen LogP contribution in [0.5, 0.6) is 0 Å². The fourth-order valence-corrected chi connectivity index (χ4v) is 1.41. The van der Waals surface area contributed by atoms with Gasteiger partial charge in [0.1, 0.15) is 6.10 Å². The predicted molar refractivity (Wildman–Crippen MR) is 55.3 cm³/mol. The highest BCUT2D eigenvalue weighted by Gasteiger charge is 2.21. The highest BCUT2D eigenvalue weighted by molar-refractivity contribution is 5.54. The van der Waals surface area contributed by atoms with Gasteiger partial charge in [0, 0.05) is 5.56 Å². The molecule has 1 atom stereocenters. The maximum absolute atomic E-state index is 13.0. The fourth-order valence-electron chi connectivity index (χ4n) is 1.41. The highest BCUT2D eigenvalue weighted by atomic mass is 19.3. The number of hydrogen-bond donors (Lipinski definition) is 1. The third kappa shape index (κ3) is 2.93. The summed E-state index contributed by atoms with van der Waals surface area (Å²) in [7, 11) is 0. The van der Waals surface area contributed by atoms with Gasteiger partial charge < -0.3 is 9.63 Å². The van der Waals surface area contributed by atoms with E-state index in [9.17, 15) is 22.0 Å². The molecule has 1 unspecified atom stereocenters. The number of benzene rings is 1. The molecule has 0 aliphatic carbocycles. The molecule has 0 aliphatic rings. The molecule has 0 saturated heterocycles. The molecular formula is C11H7F5N2O2. The van der Waals surface area contributed by atoms with Gasteiger partial charge in [0.2, 0.25) is 11.7 Å². The minimum atomic E-state index is -2.99. The Morgan fingerprint density at radius 2 is 1.75 bits per heavy atom. The first-order valence-corrected chi connectivity index (χ1v) is 5.32. The molecule has 1 aromatic heterocycles. The minimum absolute atomic E-state index is 0.220. The molecule has 1 aromatic carbocycles. The van der Waals surface area contributed by atoms with Crippen LogP contribution in [0.4, 0.5) is 22.0 Å². The van der Waals surface area contributed by atoms with E-state index in [1.165, 1.54) is 0 Å². The van der Waals surface area contributed by atoms with Crippen molar-refractivity contribution in [3.05, 3.63) is 35.5 Å². The number of halogens is 5. The first kappa shape index (κ1) is 14.4. The summed E-state index contributed by atoms with van der Waals surface area (Å²) in [6, 6.07) is 1.27. The van der Waals surface area contributed by atoms with Crippen molar-refractivity contribution in [1.82, 2.24) is 10.1 Å². The summed E-state index contributed by atoms with van der Waals surface area (Å²) in [6.07, 6.45) is -5.60. The zero-order chi connectivity index (χ0) is 14.9. The molecule has 0 saturated carbocycles. The number of rotatable bonds is 4. The van der Waals surface area contributed by atoms with E-state index in [-0.39, 0.29) is 17.3 Å². The molecule has 9 heteroatoms. The monoisotopic (exact) mass is 294 g/mol. The van der Waals surface area contributed by atoms with Gasteiger partial charge in [-0.25, -0.2) is 22.0 Å². The smallest absolute Gasteiger partial charge is 0.264 e. The molecule has 108 valence electrons. The highest BCUT2D eigenvalue weighted by Crippen LogP contribution is 2.22. The van der Waals surface area contributed by atoms with Crippen LogP contribution in [0.1, 0.15) is 5.89 Å². The van der Waals surface area contributed by atoms with Crippen LogP contribution in [0.3, 0.4) is 0 Å². The average molecular weight is 294 g/mol. The maximum atomic E-state index is 13.0. The number of aliphatic hydroxyl groups is 1. The standard InChI is InChI=1S/C11H7F5N2O2/c12-5-1-4(2-6(13)9(5)14)11-17-8(20-18-11)3-7(19)10(15)16/h1-2,7,10,19H,3H2. The first-order valence-electron chi connectivity index (χ1n) is 5.32. The van der Waals surface area contributed by atoms with E-state index in [0.717, 1.165) is 0 Å². The van der Waals surface area contributed by atoms with Gasteiger partial charge in [-0.15, -0.1) is 0 Å². The molecule has 0 aliphatic heterocycles. The van der Waals surface area contributed by atoms with Crippen molar-refractivity contribution in [2.24, 2.45) is 0 Å². The van der Waals surface area contributed by atoms with Gasteiger partial charge in [0.05, 0.1) is 6.42 Å². The summed E-state index contributed by atoms with van der Waals surface area (Å²) in [5, 5.41) is 12.2. The van der Waals surface area contributed by atoms with Gasteiger partial charge in [0.25, 0.3) is 6.43 Å². The molecular weight excluding hydrogens is 287 g/mol. The molecule has 0 spiro atoms. The Morgan fingerprint density at radius 3 is 2.30 bits per heavy atom. The van der Waals surface area contributed by atoms with Crippen LogP contribution in [0, 0.1) is 17.5 Å². The summed E-state index contributed by atoms with van der Waals surface area (Å²) in [5.41, 5.74) is -0.220. The van der Waals surface area contributed by atoms with Gasteiger partial charge in [-0.1, -0.05) is 5.16 Å². The zero-order valence-corrected chi connectivity index (χ0v) is 9.66. The molecule has 4 nitrogen and oxygen atoms in total. The van der Waals surface area contributed by atoms with Crippen LogP contribution in [0.15, 0.2) is 16.7 Å². The van der Waals surface area contributed by atoms with E-state index in [1.54, 1.807) is 0 Å². The van der Waals surface area contributed by atoms with Crippen molar-refractivity contribution in [1.29, 1.82) is 0 Å². The van der Waals surface area contributed by atoms with Crippen molar-refractivity contribution in [2.45, 2.75) is 19.0 Å². The summed E-state index contributed by atoms with van der Waals surface area (Å²) in [6.45, 7) is 0. The van der Waals surface area contributed by atoms with Crippen LogP contribution in [0.2, 0.25) is 0 Å². The summed E-state index contributed by atoms with van der Waals surface area (Å²) >= 11 is 0. The van der Waals surface area contributed by atoms with E-state index in [1.807, 2.05) is 0 Å². The minimum Gasteiger partial charge on any atom is -0.387 e. The molecule has 1 N–H and O–H groups in total. The van der Waals surface area contributed by atoms with E-state index < -0.39 is 36.4 Å². The molecule has 2 rings (SSSR count). The third-order valence-corrected chi connectivity index (χ3v) is 2.38. The second kappa shape index (κ2) is 5.53. The lowest BCUT2D eigenvalue weighted by Gasteiger charge is -2.04. The lowest BCUT2D eigenvalue weighted by molar-refractivity contribution is -0.00754. The molecule has 0 fully saturated rings. The van der Waals surface area contributed by atoms with E-state index in [0.29, 0.717) is 12.1 Å². The number of aliphatic hydroxyl groups excluding tert-OH is 1.